The van der Waals surface area contributed by atoms with Gasteiger partial charge in [-0.15, -0.1) is 0 Å². The molecular formula is C42H42ClF4N5O5. The summed E-state index contributed by atoms with van der Waals surface area (Å²) in [5.74, 6) is -1.17. The maximum absolute atomic E-state index is 15.7. The summed E-state index contributed by atoms with van der Waals surface area (Å²) in [5.41, 5.74) is 2.76. The molecule has 1 amide bonds. The molecule has 3 N–H and O–H groups in total. The summed E-state index contributed by atoms with van der Waals surface area (Å²) in [6.45, 7) is 0.630. The van der Waals surface area contributed by atoms with E-state index in [4.69, 9.17) is 21.1 Å². The zero-order valence-corrected chi connectivity index (χ0v) is 32.3. The van der Waals surface area contributed by atoms with Gasteiger partial charge in [0.2, 0.25) is 5.91 Å². The largest absolute Gasteiger partial charge is 0.496 e. The molecule has 7 rings (SSSR count). The van der Waals surface area contributed by atoms with Crippen molar-refractivity contribution in [2.45, 2.75) is 63.6 Å². The molecule has 1 aliphatic carbocycles. The highest BCUT2D eigenvalue weighted by Crippen LogP contribution is 2.42. The van der Waals surface area contributed by atoms with E-state index in [2.05, 4.69) is 15.7 Å². The Bertz CT molecular complexity index is 2330. The third kappa shape index (κ3) is 8.30. The van der Waals surface area contributed by atoms with Crippen molar-refractivity contribution in [3.8, 4) is 33.8 Å². The normalized spacial score (nSPS) is 18.2. The fraction of sp³-hybridized carbons (Fsp3) is 0.357. The minimum absolute atomic E-state index is 0.00548. The average Bonchev–Trinajstić information content (AvgIpc) is 3.76. The number of carbonyl (C=O) groups is 2. The lowest BCUT2D eigenvalue weighted by Crippen LogP contribution is -2.44. The second-order valence-corrected chi connectivity index (χ2v) is 15.1. The van der Waals surface area contributed by atoms with Gasteiger partial charge in [-0.05, 0) is 73.3 Å². The number of nitrogens with one attached hydrogen (secondary N) is 2. The fourth-order valence-corrected chi connectivity index (χ4v) is 8.17. The van der Waals surface area contributed by atoms with Crippen LogP contribution in [0.5, 0.6) is 11.5 Å². The maximum atomic E-state index is 15.7. The molecule has 4 aromatic carbocycles. The van der Waals surface area contributed by atoms with Gasteiger partial charge >= 0.3 is 12.1 Å². The molecule has 5 aromatic rings. The second-order valence-electron chi connectivity index (χ2n) is 14.7. The number of aliphatic carboxylic acids is 1. The van der Waals surface area contributed by atoms with Crippen LogP contribution in [-0.4, -0.2) is 71.6 Å². The standard InChI is InChI=1S/C42H42ClF4N5O5/c1-51(28-12-24(13-28)41(54)55)21-26-14-34(42(45,46)47)25(17-37(26)56-2)22-52-36-9-5-7-30(32(36)20-49-52)31-8-4-6-29(40(31)43)23-15-35(44)33(38(16-23)57-3)19-48-18-27-10-11-39(53)50-27/h4-9,14-17,20,24,27-28,48H,10-13,18-19,21-22H2,1-3H3,(H,50,53)(H,54,55)/t24-,27-,28-/m0/s1. The summed E-state index contributed by atoms with van der Waals surface area (Å²) in [6, 6.07) is 16.3. The van der Waals surface area contributed by atoms with Crippen LogP contribution in [0.2, 0.25) is 5.02 Å². The van der Waals surface area contributed by atoms with Gasteiger partial charge in [0.1, 0.15) is 17.3 Å². The summed E-state index contributed by atoms with van der Waals surface area (Å²) >= 11 is 7.07. The van der Waals surface area contributed by atoms with Crippen LogP contribution in [0, 0.1) is 11.7 Å². The van der Waals surface area contributed by atoms with E-state index >= 15 is 4.39 Å². The molecule has 0 unspecified atom stereocenters. The number of nitrogens with zero attached hydrogens (tertiary/aromatic N) is 3. The van der Waals surface area contributed by atoms with E-state index in [1.807, 2.05) is 17.0 Å². The van der Waals surface area contributed by atoms with Gasteiger partial charge in [-0.25, -0.2) is 4.39 Å². The lowest BCUT2D eigenvalue weighted by atomic mass is 9.79. The lowest BCUT2D eigenvalue weighted by Gasteiger charge is -2.39. The van der Waals surface area contributed by atoms with Gasteiger partial charge in [0.25, 0.3) is 0 Å². The molecule has 2 heterocycles. The first-order valence-electron chi connectivity index (χ1n) is 18.6. The van der Waals surface area contributed by atoms with E-state index in [1.165, 1.54) is 31.0 Å². The number of rotatable bonds is 14. The molecule has 1 saturated heterocycles. The molecule has 0 spiro atoms. The Morgan fingerprint density at radius 1 is 1.04 bits per heavy atom. The van der Waals surface area contributed by atoms with Gasteiger partial charge in [-0.3, -0.25) is 19.2 Å². The number of halogens is 5. The molecule has 0 radical (unpaired) electrons. The van der Waals surface area contributed by atoms with Crippen LogP contribution in [0.3, 0.4) is 0 Å². The van der Waals surface area contributed by atoms with Crippen LogP contribution in [0.25, 0.3) is 33.2 Å². The van der Waals surface area contributed by atoms with Gasteiger partial charge in [0.15, 0.2) is 0 Å². The number of carbonyl (C=O) groups excluding carboxylic acids is 1. The second kappa shape index (κ2) is 16.4. The number of alkyl halides is 3. The average molecular weight is 808 g/mol. The summed E-state index contributed by atoms with van der Waals surface area (Å²) in [4.78, 5) is 24.7. The fourth-order valence-electron chi connectivity index (χ4n) is 7.83. The van der Waals surface area contributed by atoms with Crippen molar-refractivity contribution in [2.24, 2.45) is 5.92 Å². The summed E-state index contributed by atoms with van der Waals surface area (Å²) in [7, 11) is 4.64. The van der Waals surface area contributed by atoms with Crippen molar-refractivity contribution in [1.29, 1.82) is 0 Å². The van der Waals surface area contributed by atoms with Crippen molar-refractivity contribution >= 4 is 34.4 Å². The number of carboxylic acids is 1. The van der Waals surface area contributed by atoms with E-state index < -0.39 is 29.4 Å². The van der Waals surface area contributed by atoms with E-state index in [-0.39, 0.29) is 48.9 Å². The Morgan fingerprint density at radius 2 is 1.75 bits per heavy atom. The topological polar surface area (TPSA) is 118 Å². The predicted octanol–water partition coefficient (Wildman–Crippen LogP) is 7.91. The Kier molecular flexibility index (Phi) is 11.5. The predicted molar refractivity (Wildman–Crippen MR) is 208 cm³/mol. The zero-order chi connectivity index (χ0) is 40.6. The monoisotopic (exact) mass is 807 g/mol. The van der Waals surface area contributed by atoms with E-state index in [0.717, 1.165) is 12.5 Å². The molecule has 2 fully saturated rings. The van der Waals surface area contributed by atoms with Crippen molar-refractivity contribution in [3.63, 3.8) is 0 Å². The quantitative estimate of drug-likeness (QED) is 0.0970. The van der Waals surface area contributed by atoms with E-state index in [1.54, 1.807) is 43.6 Å². The highest BCUT2D eigenvalue weighted by atomic mass is 35.5. The van der Waals surface area contributed by atoms with Crippen molar-refractivity contribution < 1.29 is 41.7 Å². The first-order valence-corrected chi connectivity index (χ1v) is 18.9. The number of amides is 1. The van der Waals surface area contributed by atoms with Crippen LogP contribution in [0.15, 0.2) is 66.9 Å². The SMILES string of the molecule is COc1cc(Cn2ncc3c(-c4cccc(-c5cc(F)c(CNC[C@@H]6CCC(=O)N6)c(OC)c5)c4Cl)cccc32)c(C(F)(F)F)cc1CN(C)[C@H]1C[C@H](C(=O)O)C1. The first-order chi connectivity index (χ1) is 27.2. The van der Waals surface area contributed by atoms with E-state index in [9.17, 15) is 27.9 Å². The Labute approximate surface area is 331 Å². The Morgan fingerprint density at radius 3 is 2.44 bits per heavy atom. The van der Waals surface area contributed by atoms with Crippen LogP contribution < -0.4 is 20.1 Å². The Balaban J connectivity index is 1.16. The van der Waals surface area contributed by atoms with Crippen molar-refractivity contribution in [2.75, 3.05) is 27.8 Å². The minimum atomic E-state index is -4.67. The molecule has 1 aliphatic heterocycles. The Hall–Kier alpha value is -5.18. The summed E-state index contributed by atoms with van der Waals surface area (Å²) in [5, 5.41) is 20.8. The molecule has 0 bridgehead atoms. The van der Waals surface area contributed by atoms with Gasteiger partial charge < -0.3 is 25.2 Å². The number of fused-ring (bicyclic) bond motifs is 1. The molecule has 57 heavy (non-hydrogen) atoms. The number of aromatic nitrogens is 2. The highest BCUT2D eigenvalue weighted by Gasteiger charge is 2.38. The zero-order valence-electron chi connectivity index (χ0n) is 31.6. The number of carboxylic acid groups (broad SMARTS) is 1. The number of hydrogen-bond donors (Lipinski definition) is 3. The maximum Gasteiger partial charge on any atom is 0.416 e. The molecule has 1 saturated carbocycles. The van der Waals surface area contributed by atoms with Gasteiger partial charge in [0, 0.05) is 65.8 Å². The van der Waals surface area contributed by atoms with Crippen LogP contribution in [-0.2, 0) is 35.4 Å². The minimum Gasteiger partial charge on any atom is -0.496 e. The first kappa shape index (κ1) is 40.0. The lowest BCUT2D eigenvalue weighted by molar-refractivity contribution is -0.147. The third-order valence-electron chi connectivity index (χ3n) is 11.1. The van der Waals surface area contributed by atoms with Gasteiger partial charge in [0.05, 0.1) is 49.0 Å². The van der Waals surface area contributed by atoms with Gasteiger partial charge in [-0.1, -0.05) is 41.9 Å². The molecule has 1 aromatic heterocycles. The molecular weight excluding hydrogens is 766 g/mol. The molecule has 10 nitrogen and oxygen atoms in total. The molecule has 1 atom stereocenters. The van der Waals surface area contributed by atoms with Crippen molar-refractivity contribution in [3.05, 3.63) is 100.0 Å². The van der Waals surface area contributed by atoms with E-state index in [0.29, 0.717) is 80.9 Å². The van der Waals surface area contributed by atoms with Gasteiger partial charge in [-0.2, -0.15) is 18.3 Å². The number of methoxy groups -OCH3 is 2. The van der Waals surface area contributed by atoms with Crippen LogP contribution in [0.4, 0.5) is 17.6 Å². The number of ether oxygens (including phenoxy) is 2. The number of benzene rings is 4. The number of hydrogen-bond acceptors (Lipinski definition) is 7. The van der Waals surface area contributed by atoms with Crippen LogP contribution in [0.1, 0.15) is 47.9 Å². The summed E-state index contributed by atoms with van der Waals surface area (Å²) < 4.78 is 72.2. The van der Waals surface area contributed by atoms with Crippen molar-refractivity contribution in [1.82, 2.24) is 25.3 Å². The highest BCUT2D eigenvalue weighted by molar-refractivity contribution is 6.36. The third-order valence-corrected chi connectivity index (χ3v) is 11.5. The summed E-state index contributed by atoms with van der Waals surface area (Å²) in [6.07, 6.45) is -1.02. The van der Waals surface area contributed by atoms with Crippen LogP contribution >= 0.6 is 11.6 Å². The molecule has 2 aliphatic rings. The molecule has 15 heteroatoms. The molecule has 300 valence electrons. The smallest absolute Gasteiger partial charge is 0.416 e.